The minimum atomic E-state index is 0.627. The lowest BCUT2D eigenvalue weighted by Gasteiger charge is -2.11. The molecule has 4 rings (SSSR count). The summed E-state index contributed by atoms with van der Waals surface area (Å²) in [4.78, 5) is 7.66. The van der Waals surface area contributed by atoms with Crippen LogP contribution in [0.3, 0.4) is 0 Å². The Morgan fingerprint density at radius 1 is 1.12 bits per heavy atom. The van der Waals surface area contributed by atoms with Gasteiger partial charge in [0.25, 0.3) is 0 Å². The summed E-state index contributed by atoms with van der Waals surface area (Å²) in [5.41, 5.74) is 9.33. The first-order chi connectivity index (χ1) is 12.6. The monoisotopic (exact) mass is 407 g/mol. The third kappa shape index (κ3) is 3.04. The number of aromatic nitrogens is 3. The van der Waals surface area contributed by atoms with E-state index in [1.807, 2.05) is 48.7 Å². The number of anilines is 1. The summed E-state index contributed by atoms with van der Waals surface area (Å²) in [6.07, 6.45) is 1.82. The van der Waals surface area contributed by atoms with E-state index < -0.39 is 0 Å². The van der Waals surface area contributed by atoms with Gasteiger partial charge in [0.1, 0.15) is 0 Å². The normalized spacial score (nSPS) is 11.5. The molecule has 2 aromatic heterocycles. The van der Waals surface area contributed by atoms with Crippen LogP contribution in [0.2, 0.25) is 0 Å². The second-order valence-corrected chi connectivity index (χ2v) is 6.94. The fourth-order valence-corrected chi connectivity index (χ4v) is 3.55. The van der Waals surface area contributed by atoms with Gasteiger partial charge in [-0.1, -0.05) is 24.3 Å². The fourth-order valence-electron chi connectivity index (χ4n) is 3.09. The molecule has 130 valence electrons. The number of fused-ring (bicyclic) bond motifs is 1. The highest BCUT2D eigenvalue weighted by Crippen LogP contribution is 2.26. The first-order valence-electron chi connectivity index (χ1n) is 8.31. The van der Waals surface area contributed by atoms with Gasteiger partial charge in [0, 0.05) is 21.4 Å². The lowest BCUT2D eigenvalue weighted by atomic mass is 10.2. The fraction of sp³-hybridized carbons (Fsp3) is 0.100. The van der Waals surface area contributed by atoms with Crippen molar-refractivity contribution < 1.29 is 0 Å². The van der Waals surface area contributed by atoms with Crippen molar-refractivity contribution in [1.82, 2.24) is 14.5 Å². The summed E-state index contributed by atoms with van der Waals surface area (Å²) in [6, 6.07) is 18.2. The third-order valence-corrected chi connectivity index (χ3v) is 5.00. The van der Waals surface area contributed by atoms with E-state index in [1.165, 1.54) is 0 Å². The van der Waals surface area contributed by atoms with Crippen molar-refractivity contribution in [2.45, 2.75) is 13.8 Å². The average molecular weight is 408 g/mol. The van der Waals surface area contributed by atoms with Gasteiger partial charge in [-0.25, -0.2) is 10.4 Å². The second-order valence-electron chi connectivity index (χ2n) is 6.09. The van der Waals surface area contributed by atoms with Crippen LogP contribution >= 0.6 is 15.9 Å². The Morgan fingerprint density at radius 3 is 2.69 bits per heavy atom. The van der Waals surface area contributed by atoms with Crippen LogP contribution < -0.4 is 5.43 Å². The van der Waals surface area contributed by atoms with Crippen LogP contribution in [0.1, 0.15) is 17.0 Å². The van der Waals surface area contributed by atoms with Crippen molar-refractivity contribution in [2.75, 3.05) is 5.43 Å². The minimum absolute atomic E-state index is 0.627. The van der Waals surface area contributed by atoms with E-state index >= 15 is 0 Å². The molecule has 2 aromatic carbocycles. The highest BCUT2D eigenvalue weighted by Gasteiger charge is 2.11. The highest BCUT2D eigenvalue weighted by molar-refractivity contribution is 9.10. The number of H-pyrrole nitrogens is 1. The number of hydrazone groups is 1. The van der Waals surface area contributed by atoms with E-state index in [9.17, 15) is 0 Å². The van der Waals surface area contributed by atoms with E-state index in [-0.39, 0.29) is 0 Å². The summed E-state index contributed by atoms with van der Waals surface area (Å²) >= 11 is 3.63. The number of aromatic amines is 1. The van der Waals surface area contributed by atoms with E-state index in [0.717, 1.165) is 38.1 Å². The number of nitrogens with zero attached hydrogens (tertiary/aromatic N) is 3. The topological polar surface area (TPSA) is 58.0 Å². The van der Waals surface area contributed by atoms with Crippen molar-refractivity contribution >= 4 is 39.1 Å². The summed E-state index contributed by atoms with van der Waals surface area (Å²) in [5, 5.41) is 4.34. The lowest BCUT2D eigenvalue weighted by Crippen LogP contribution is -2.00. The Balaban J connectivity index is 1.60. The summed E-state index contributed by atoms with van der Waals surface area (Å²) in [5.74, 6) is 0.627. The molecule has 26 heavy (non-hydrogen) atoms. The standard InChI is InChI=1S/C20H18BrN5/c1-13-11-15(14(2)26(13)19-10-6-3-7-16(19)21)12-22-25-20-23-17-8-4-5-9-18(17)24-20/h3-12H,1-2H3,(H2,23,24,25)/b22-12-. The van der Waals surface area contributed by atoms with Gasteiger partial charge < -0.3 is 9.55 Å². The lowest BCUT2D eigenvalue weighted by molar-refractivity contribution is 0.959. The molecule has 0 aliphatic heterocycles. The number of halogens is 1. The second kappa shape index (κ2) is 6.80. The summed E-state index contributed by atoms with van der Waals surface area (Å²) in [7, 11) is 0. The van der Waals surface area contributed by atoms with Gasteiger partial charge in [-0.15, -0.1) is 0 Å². The molecule has 6 heteroatoms. The van der Waals surface area contributed by atoms with Crippen molar-refractivity contribution in [1.29, 1.82) is 0 Å². The first-order valence-corrected chi connectivity index (χ1v) is 9.10. The molecule has 0 aliphatic carbocycles. The average Bonchev–Trinajstić information content (AvgIpc) is 3.16. The van der Waals surface area contributed by atoms with Crippen LogP contribution in [-0.2, 0) is 0 Å². The van der Waals surface area contributed by atoms with Crippen molar-refractivity contribution in [3.05, 3.63) is 76.0 Å². The quantitative estimate of drug-likeness (QED) is 0.361. The molecule has 0 saturated heterocycles. The maximum atomic E-state index is 4.46. The van der Waals surface area contributed by atoms with Crippen LogP contribution in [0.25, 0.3) is 16.7 Å². The van der Waals surface area contributed by atoms with Crippen molar-refractivity contribution in [2.24, 2.45) is 5.10 Å². The van der Waals surface area contributed by atoms with Gasteiger partial charge in [-0.3, -0.25) is 0 Å². The summed E-state index contributed by atoms with van der Waals surface area (Å²) < 4.78 is 3.28. The zero-order valence-corrected chi connectivity index (χ0v) is 16.1. The Hall–Kier alpha value is -2.86. The van der Waals surface area contributed by atoms with Gasteiger partial charge in [0.05, 0.1) is 22.9 Å². The number of para-hydroxylation sites is 3. The number of hydrogen-bond donors (Lipinski definition) is 2. The zero-order chi connectivity index (χ0) is 18.1. The van der Waals surface area contributed by atoms with Crippen LogP contribution in [0.15, 0.2) is 64.2 Å². The smallest absolute Gasteiger partial charge is 0.222 e. The molecule has 4 aromatic rings. The Labute approximate surface area is 159 Å². The predicted octanol–water partition coefficient (Wildman–Crippen LogP) is 5.18. The van der Waals surface area contributed by atoms with Crippen LogP contribution in [0.5, 0.6) is 0 Å². The largest absolute Gasteiger partial charge is 0.323 e. The number of hydrogen-bond acceptors (Lipinski definition) is 3. The maximum absolute atomic E-state index is 4.46. The first kappa shape index (κ1) is 16.6. The molecule has 0 bridgehead atoms. The molecule has 5 nitrogen and oxygen atoms in total. The van der Waals surface area contributed by atoms with E-state index in [1.54, 1.807) is 0 Å². The molecular weight excluding hydrogens is 390 g/mol. The van der Waals surface area contributed by atoms with Gasteiger partial charge in [-0.05, 0) is 60.1 Å². The molecule has 0 radical (unpaired) electrons. The maximum Gasteiger partial charge on any atom is 0.222 e. The number of nitrogens with one attached hydrogen (secondary N) is 2. The van der Waals surface area contributed by atoms with E-state index in [2.05, 4.69) is 67.0 Å². The Morgan fingerprint density at radius 2 is 1.88 bits per heavy atom. The predicted molar refractivity (Wildman–Crippen MR) is 110 cm³/mol. The van der Waals surface area contributed by atoms with Gasteiger partial charge in [0.2, 0.25) is 5.95 Å². The van der Waals surface area contributed by atoms with Gasteiger partial charge in [0.15, 0.2) is 0 Å². The van der Waals surface area contributed by atoms with E-state index in [4.69, 9.17) is 0 Å². The van der Waals surface area contributed by atoms with Crippen LogP contribution in [0, 0.1) is 13.8 Å². The molecule has 0 atom stereocenters. The Bertz CT molecular complexity index is 1070. The molecule has 0 unspecified atom stereocenters. The number of imidazole rings is 1. The van der Waals surface area contributed by atoms with E-state index in [0.29, 0.717) is 5.95 Å². The molecule has 2 N–H and O–H groups in total. The van der Waals surface area contributed by atoms with Gasteiger partial charge in [-0.2, -0.15) is 5.10 Å². The molecule has 0 aliphatic rings. The molecule has 0 saturated carbocycles. The zero-order valence-electron chi connectivity index (χ0n) is 14.5. The molecule has 0 spiro atoms. The van der Waals surface area contributed by atoms with Crippen LogP contribution in [-0.4, -0.2) is 20.7 Å². The molecule has 0 amide bonds. The highest BCUT2D eigenvalue weighted by atomic mass is 79.9. The number of benzene rings is 2. The molecular formula is C20H18BrN5. The molecule has 0 fully saturated rings. The molecule has 2 heterocycles. The third-order valence-electron chi connectivity index (χ3n) is 4.33. The summed E-state index contributed by atoms with van der Waals surface area (Å²) in [6.45, 7) is 4.19. The van der Waals surface area contributed by atoms with Crippen LogP contribution in [0.4, 0.5) is 5.95 Å². The SMILES string of the molecule is Cc1cc(/C=N\Nc2nc3ccccc3[nH]2)c(C)n1-c1ccccc1Br. The van der Waals surface area contributed by atoms with Crippen molar-refractivity contribution in [3.8, 4) is 5.69 Å². The van der Waals surface area contributed by atoms with Gasteiger partial charge >= 0.3 is 0 Å². The minimum Gasteiger partial charge on any atom is -0.323 e. The number of rotatable bonds is 4. The Kier molecular flexibility index (Phi) is 4.34. The van der Waals surface area contributed by atoms with Crippen molar-refractivity contribution in [3.63, 3.8) is 0 Å². The number of aryl methyl sites for hydroxylation is 1.